The third-order valence-electron chi connectivity index (χ3n) is 2.34. The molecule has 0 unspecified atom stereocenters. The zero-order chi connectivity index (χ0) is 13.7. The molecule has 0 saturated carbocycles. The fourth-order valence-corrected chi connectivity index (χ4v) is 2.07. The van der Waals surface area contributed by atoms with Crippen molar-refractivity contribution in [1.82, 2.24) is 5.43 Å². The topological polar surface area (TPSA) is 41.5 Å². The highest BCUT2D eigenvalue weighted by molar-refractivity contribution is 9.10. The first-order chi connectivity index (χ1) is 9.15. The minimum atomic E-state index is -0.241. The van der Waals surface area contributed by atoms with E-state index in [2.05, 4.69) is 42.4 Å². The van der Waals surface area contributed by atoms with Crippen LogP contribution in [0.15, 0.2) is 62.6 Å². The molecule has 5 heteroatoms. The number of carbonyl (C=O) groups is 1. The van der Waals surface area contributed by atoms with E-state index in [1.54, 1.807) is 24.4 Å². The molecule has 0 aliphatic rings. The summed E-state index contributed by atoms with van der Waals surface area (Å²) in [6.07, 6.45) is 1.60. The quantitative estimate of drug-likeness (QED) is 0.634. The van der Waals surface area contributed by atoms with Crippen LogP contribution in [0.1, 0.15) is 15.9 Å². The van der Waals surface area contributed by atoms with Crippen LogP contribution in [0.3, 0.4) is 0 Å². The summed E-state index contributed by atoms with van der Waals surface area (Å²) in [5.74, 6) is -0.241. The van der Waals surface area contributed by atoms with Gasteiger partial charge in [-0.15, -0.1) is 0 Å². The molecule has 0 fully saturated rings. The van der Waals surface area contributed by atoms with Crippen LogP contribution in [-0.2, 0) is 0 Å². The van der Waals surface area contributed by atoms with Crippen molar-refractivity contribution in [3.05, 3.63) is 68.6 Å². The van der Waals surface area contributed by atoms with E-state index in [-0.39, 0.29) is 5.91 Å². The highest BCUT2D eigenvalue weighted by Gasteiger charge is 2.03. The minimum absolute atomic E-state index is 0.241. The summed E-state index contributed by atoms with van der Waals surface area (Å²) in [5, 5.41) is 3.92. The fraction of sp³-hybridized carbons (Fsp3) is 0. The van der Waals surface area contributed by atoms with Crippen LogP contribution in [0.25, 0.3) is 0 Å². The molecule has 2 aromatic rings. The summed E-state index contributed by atoms with van der Waals surface area (Å²) >= 11 is 6.67. The Morgan fingerprint density at radius 2 is 1.79 bits per heavy atom. The van der Waals surface area contributed by atoms with Gasteiger partial charge in [-0.25, -0.2) is 5.43 Å². The second kappa shape index (κ2) is 6.63. The van der Waals surface area contributed by atoms with Crippen molar-refractivity contribution >= 4 is 44.0 Å². The molecule has 0 bridgehead atoms. The molecule has 1 N–H and O–H groups in total. The van der Waals surface area contributed by atoms with Crippen LogP contribution in [0, 0.1) is 0 Å². The first-order valence-corrected chi connectivity index (χ1v) is 7.08. The van der Waals surface area contributed by atoms with Crippen LogP contribution in [0.5, 0.6) is 0 Å². The average Bonchev–Trinajstić information content (AvgIpc) is 2.41. The zero-order valence-electron chi connectivity index (χ0n) is 9.81. The number of carbonyl (C=O) groups excluding carboxylic acids is 1. The predicted molar refractivity (Wildman–Crippen MR) is 83.3 cm³/mol. The van der Waals surface area contributed by atoms with E-state index in [4.69, 9.17) is 0 Å². The first kappa shape index (κ1) is 14.0. The molecule has 96 valence electrons. The first-order valence-electron chi connectivity index (χ1n) is 5.50. The van der Waals surface area contributed by atoms with Crippen molar-refractivity contribution in [2.45, 2.75) is 0 Å². The van der Waals surface area contributed by atoms with E-state index in [1.807, 2.05) is 30.3 Å². The van der Waals surface area contributed by atoms with E-state index < -0.39 is 0 Å². The average molecular weight is 382 g/mol. The van der Waals surface area contributed by atoms with Gasteiger partial charge in [0.2, 0.25) is 0 Å². The summed E-state index contributed by atoms with van der Waals surface area (Å²) in [5.41, 5.74) is 3.96. The van der Waals surface area contributed by atoms with Gasteiger partial charge in [-0.2, -0.15) is 5.10 Å². The monoisotopic (exact) mass is 380 g/mol. The van der Waals surface area contributed by atoms with Gasteiger partial charge in [0, 0.05) is 14.5 Å². The molecule has 2 aromatic carbocycles. The molecule has 0 spiro atoms. The van der Waals surface area contributed by atoms with Gasteiger partial charge in [0.1, 0.15) is 0 Å². The number of rotatable bonds is 3. The number of hydrazone groups is 1. The molecule has 1 amide bonds. The van der Waals surface area contributed by atoms with Crippen LogP contribution < -0.4 is 5.43 Å². The number of nitrogens with zero attached hydrogens (tertiary/aromatic N) is 1. The van der Waals surface area contributed by atoms with Gasteiger partial charge in [-0.1, -0.05) is 50.1 Å². The molecule has 0 heterocycles. The number of halogens is 2. The number of nitrogens with one attached hydrogen (secondary N) is 1. The summed E-state index contributed by atoms with van der Waals surface area (Å²) < 4.78 is 1.86. The standard InChI is InChI=1S/C14H10Br2N2O/c15-12-6-4-10(5-7-12)9-17-18-14(19)11-2-1-3-13(16)8-11/h1-9H,(H,18,19). The highest BCUT2D eigenvalue weighted by atomic mass is 79.9. The number of amides is 1. The Morgan fingerprint density at radius 1 is 1.05 bits per heavy atom. The lowest BCUT2D eigenvalue weighted by molar-refractivity contribution is 0.0955. The second-order valence-electron chi connectivity index (χ2n) is 3.76. The number of hydrogen-bond acceptors (Lipinski definition) is 2. The SMILES string of the molecule is O=C(NN=Cc1ccc(Br)cc1)c1cccc(Br)c1. The summed E-state index contributed by atoms with van der Waals surface area (Å²) in [6, 6.07) is 14.8. The molecule has 0 radical (unpaired) electrons. The zero-order valence-corrected chi connectivity index (χ0v) is 13.0. The number of hydrogen-bond donors (Lipinski definition) is 1. The van der Waals surface area contributed by atoms with Gasteiger partial charge < -0.3 is 0 Å². The Balaban J connectivity index is 1.98. The van der Waals surface area contributed by atoms with Gasteiger partial charge in [0.25, 0.3) is 5.91 Å². The van der Waals surface area contributed by atoms with Crippen LogP contribution in [-0.4, -0.2) is 12.1 Å². The van der Waals surface area contributed by atoms with Gasteiger partial charge >= 0.3 is 0 Å². The third-order valence-corrected chi connectivity index (χ3v) is 3.36. The van der Waals surface area contributed by atoms with Crippen molar-refractivity contribution in [2.24, 2.45) is 5.10 Å². The van der Waals surface area contributed by atoms with E-state index in [0.29, 0.717) is 5.56 Å². The van der Waals surface area contributed by atoms with E-state index >= 15 is 0 Å². The predicted octanol–water partition coefficient (Wildman–Crippen LogP) is 3.98. The highest BCUT2D eigenvalue weighted by Crippen LogP contribution is 2.11. The lowest BCUT2D eigenvalue weighted by Crippen LogP contribution is -2.17. The lowest BCUT2D eigenvalue weighted by Gasteiger charge is -2.00. The van der Waals surface area contributed by atoms with E-state index in [1.165, 1.54) is 0 Å². The van der Waals surface area contributed by atoms with Gasteiger partial charge in [-0.05, 0) is 35.9 Å². The molecule has 0 aliphatic heterocycles. The maximum Gasteiger partial charge on any atom is 0.271 e. The van der Waals surface area contributed by atoms with Gasteiger partial charge in [-0.3, -0.25) is 4.79 Å². The minimum Gasteiger partial charge on any atom is -0.267 e. The maximum absolute atomic E-state index is 11.8. The summed E-state index contributed by atoms with van der Waals surface area (Å²) in [7, 11) is 0. The summed E-state index contributed by atoms with van der Waals surface area (Å²) in [6.45, 7) is 0. The van der Waals surface area contributed by atoms with Crippen LogP contribution in [0.4, 0.5) is 0 Å². The van der Waals surface area contributed by atoms with Crippen LogP contribution >= 0.6 is 31.9 Å². The van der Waals surface area contributed by atoms with Gasteiger partial charge in [0.15, 0.2) is 0 Å². The molecule has 0 aliphatic carbocycles. The van der Waals surface area contributed by atoms with E-state index in [9.17, 15) is 4.79 Å². The molecule has 0 saturated heterocycles. The summed E-state index contributed by atoms with van der Waals surface area (Å²) in [4.78, 5) is 11.8. The lowest BCUT2D eigenvalue weighted by atomic mass is 10.2. The largest absolute Gasteiger partial charge is 0.271 e. The van der Waals surface area contributed by atoms with Crippen molar-refractivity contribution < 1.29 is 4.79 Å². The maximum atomic E-state index is 11.8. The molecule has 2 rings (SSSR count). The molecule has 0 atom stereocenters. The van der Waals surface area contributed by atoms with Crippen molar-refractivity contribution in [1.29, 1.82) is 0 Å². The molecular formula is C14H10Br2N2O. The van der Waals surface area contributed by atoms with E-state index in [0.717, 1.165) is 14.5 Å². The molecule has 0 aromatic heterocycles. The molecular weight excluding hydrogens is 372 g/mol. The Hall–Kier alpha value is -1.46. The normalized spacial score (nSPS) is 10.6. The second-order valence-corrected chi connectivity index (χ2v) is 5.59. The van der Waals surface area contributed by atoms with Crippen molar-refractivity contribution in [3.63, 3.8) is 0 Å². The van der Waals surface area contributed by atoms with Crippen molar-refractivity contribution in [2.75, 3.05) is 0 Å². The fourth-order valence-electron chi connectivity index (χ4n) is 1.41. The Morgan fingerprint density at radius 3 is 2.47 bits per heavy atom. The smallest absolute Gasteiger partial charge is 0.267 e. The van der Waals surface area contributed by atoms with Crippen LogP contribution in [0.2, 0.25) is 0 Å². The van der Waals surface area contributed by atoms with Crippen molar-refractivity contribution in [3.8, 4) is 0 Å². The Labute approximate surface area is 128 Å². The number of benzene rings is 2. The van der Waals surface area contributed by atoms with Gasteiger partial charge in [0.05, 0.1) is 6.21 Å². The Bertz CT molecular complexity index is 609. The third kappa shape index (κ3) is 4.29. The Kier molecular flexibility index (Phi) is 4.87. The molecule has 3 nitrogen and oxygen atoms in total. The molecule has 19 heavy (non-hydrogen) atoms.